The van der Waals surface area contributed by atoms with Crippen molar-refractivity contribution in [3.63, 3.8) is 0 Å². The molecule has 1 aliphatic rings. The van der Waals surface area contributed by atoms with Crippen molar-refractivity contribution in [2.75, 3.05) is 11.9 Å². The van der Waals surface area contributed by atoms with E-state index < -0.39 is 5.25 Å². The molecule has 0 radical (unpaired) electrons. The zero-order valence-electron chi connectivity index (χ0n) is 13.6. The predicted octanol–water partition coefficient (Wildman–Crippen LogP) is 4.05. The van der Waals surface area contributed by atoms with Gasteiger partial charge in [0.1, 0.15) is 5.25 Å². The number of anilines is 1. The van der Waals surface area contributed by atoms with Gasteiger partial charge in [-0.05, 0) is 28.1 Å². The molecule has 1 aromatic heterocycles. The maximum atomic E-state index is 12.7. The molecule has 2 aromatic rings. The van der Waals surface area contributed by atoms with Crippen molar-refractivity contribution in [2.45, 2.75) is 11.7 Å². The van der Waals surface area contributed by atoms with E-state index in [9.17, 15) is 9.59 Å². The molecule has 0 saturated carbocycles. The Labute approximate surface area is 167 Å². The van der Waals surface area contributed by atoms with E-state index in [1.54, 1.807) is 18.3 Å². The molecule has 1 unspecified atom stereocenters. The van der Waals surface area contributed by atoms with Crippen molar-refractivity contribution in [1.29, 1.82) is 0 Å². The third-order valence-corrected chi connectivity index (χ3v) is 5.99. The summed E-state index contributed by atoms with van der Waals surface area (Å²) in [6.07, 6.45) is 3.36. The maximum Gasteiger partial charge on any atom is 0.242 e. The number of hydrogen-bond acceptors (Lipinski definition) is 6. The Bertz CT molecular complexity index is 854. The third kappa shape index (κ3) is 4.40. The monoisotopic (exact) mass is 450 g/mol. The number of halogens is 1. The molecule has 134 valence electrons. The van der Waals surface area contributed by atoms with Gasteiger partial charge in [0.2, 0.25) is 16.9 Å². The number of nitrogens with zero attached hydrogens (tertiary/aromatic N) is 3. The van der Waals surface area contributed by atoms with E-state index >= 15 is 0 Å². The Hall–Kier alpha value is -1.97. The summed E-state index contributed by atoms with van der Waals surface area (Å²) in [5.41, 5.74) is 0.674. The average Bonchev–Trinajstić information content (AvgIpc) is 3.22. The summed E-state index contributed by atoms with van der Waals surface area (Å²) >= 11 is 6.06. The second-order valence-corrected chi connectivity index (χ2v) is 8.18. The average molecular weight is 451 g/mol. The smallest absolute Gasteiger partial charge is 0.242 e. The largest absolute Gasteiger partial charge is 0.325 e. The number of aliphatic imine (C=N–C) groups is 1. The molecule has 2 heterocycles. The molecule has 0 bridgehead atoms. The van der Waals surface area contributed by atoms with Gasteiger partial charge >= 0.3 is 0 Å². The number of thioether (sulfide) groups is 1. The Balaban J connectivity index is 1.72. The minimum absolute atomic E-state index is 0.0648. The van der Waals surface area contributed by atoms with Gasteiger partial charge in [0.15, 0.2) is 5.17 Å². The molecule has 1 aliphatic heterocycles. The van der Waals surface area contributed by atoms with Crippen molar-refractivity contribution in [1.82, 2.24) is 9.88 Å². The zero-order chi connectivity index (χ0) is 18.5. The fraction of sp³-hybridized carbons (Fsp3) is 0.176. The van der Waals surface area contributed by atoms with E-state index in [1.807, 2.05) is 23.6 Å². The summed E-state index contributed by atoms with van der Waals surface area (Å²) in [4.78, 5) is 35.1. The van der Waals surface area contributed by atoms with Crippen LogP contribution in [-0.2, 0) is 9.59 Å². The van der Waals surface area contributed by atoms with E-state index in [-0.39, 0.29) is 18.2 Å². The van der Waals surface area contributed by atoms with Crippen LogP contribution in [0.2, 0.25) is 0 Å². The Kier molecular flexibility index (Phi) is 6.23. The van der Waals surface area contributed by atoms with Crippen LogP contribution in [0.1, 0.15) is 6.42 Å². The molecule has 1 fully saturated rings. The van der Waals surface area contributed by atoms with Gasteiger partial charge in [-0.3, -0.25) is 14.5 Å². The first-order chi connectivity index (χ1) is 12.6. The van der Waals surface area contributed by atoms with Crippen LogP contribution in [0.5, 0.6) is 0 Å². The van der Waals surface area contributed by atoms with Gasteiger partial charge < -0.3 is 5.32 Å². The standard InChI is InChI=1S/C17H15BrN4O2S2/c1-2-8-22-15(24)13(26-17(22)21-16-19-7-9-25-16)10-14(23)20-12-6-4-3-5-11(12)18/h2-7,9,13H,1,8,10H2,(H,20,23). The van der Waals surface area contributed by atoms with Crippen LogP contribution in [0.25, 0.3) is 0 Å². The summed E-state index contributed by atoms with van der Waals surface area (Å²) < 4.78 is 0.790. The molecule has 1 N–H and O–H groups in total. The number of para-hydroxylation sites is 1. The second-order valence-electron chi connectivity index (χ2n) is 5.29. The first kappa shape index (κ1) is 18.8. The SMILES string of the molecule is C=CCN1C(=O)C(CC(=O)Nc2ccccc2Br)SC1=Nc1nccs1. The summed E-state index contributed by atoms with van der Waals surface area (Å²) in [5, 5.41) is 5.25. The zero-order valence-corrected chi connectivity index (χ0v) is 16.8. The van der Waals surface area contributed by atoms with Gasteiger partial charge in [0.05, 0.1) is 5.69 Å². The number of carbonyl (C=O) groups excluding carboxylic acids is 2. The minimum Gasteiger partial charge on any atom is -0.325 e. The van der Waals surface area contributed by atoms with E-state index in [4.69, 9.17) is 0 Å². The van der Waals surface area contributed by atoms with Crippen LogP contribution in [-0.4, -0.2) is 38.7 Å². The van der Waals surface area contributed by atoms with Gasteiger partial charge in [-0.15, -0.1) is 17.9 Å². The lowest BCUT2D eigenvalue weighted by molar-refractivity contribution is -0.127. The topological polar surface area (TPSA) is 74.7 Å². The molecule has 0 spiro atoms. The maximum absolute atomic E-state index is 12.7. The van der Waals surface area contributed by atoms with Crippen LogP contribution >= 0.6 is 39.0 Å². The van der Waals surface area contributed by atoms with Crippen LogP contribution < -0.4 is 5.32 Å². The van der Waals surface area contributed by atoms with E-state index in [1.165, 1.54) is 28.0 Å². The number of nitrogens with one attached hydrogen (secondary N) is 1. The molecule has 1 saturated heterocycles. The Morgan fingerprint density at radius 2 is 2.27 bits per heavy atom. The number of hydrogen-bond donors (Lipinski definition) is 1. The molecule has 2 amide bonds. The van der Waals surface area contributed by atoms with Gasteiger partial charge in [-0.1, -0.05) is 30.0 Å². The third-order valence-electron chi connectivity index (χ3n) is 3.46. The van der Waals surface area contributed by atoms with Crippen molar-refractivity contribution < 1.29 is 9.59 Å². The van der Waals surface area contributed by atoms with Crippen molar-refractivity contribution in [3.05, 3.63) is 53.0 Å². The lowest BCUT2D eigenvalue weighted by Gasteiger charge is -2.13. The molecule has 1 atom stereocenters. The fourth-order valence-electron chi connectivity index (χ4n) is 2.31. The molecule has 1 aromatic carbocycles. The van der Waals surface area contributed by atoms with E-state index in [0.29, 0.717) is 22.5 Å². The highest BCUT2D eigenvalue weighted by atomic mass is 79.9. The minimum atomic E-state index is -0.517. The van der Waals surface area contributed by atoms with Crippen molar-refractivity contribution >= 4 is 66.8 Å². The van der Waals surface area contributed by atoms with Crippen molar-refractivity contribution in [3.8, 4) is 0 Å². The number of rotatable bonds is 6. The summed E-state index contributed by atoms with van der Waals surface area (Å²) in [6.45, 7) is 4.03. The number of carbonyl (C=O) groups is 2. The number of aromatic nitrogens is 1. The highest BCUT2D eigenvalue weighted by Crippen LogP contribution is 2.32. The summed E-state index contributed by atoms with van der Waals surface area (Å²) in [7, 11) is 0. The quantitative estimate of drug-likeness (QED) is 0.673. The first-order valence-corrected chi connectivity index (χ1v) is 10.2. The molecule has 0 aliphatic carbocycles. The van der Waals surface area contributed by atoms with Gasteiger partial charge in [0, 0.05) is 29.0 Å². The molecule has 9 heteroatoms. The van der Waals surface area contributed by atoms with E-state index in [0.717, 1.165) is 4.47 Å². The number of amidine groups is 1. The molecular formula is C17H15BrN4O2S2. The highest BCUT2D eigenvalue weighted by molar-refractivity contribution is 9.10. The van der Waals surface area contributed by atoms with Crippen LogP contribution in [0.3, 0.4) is 0 Å². The molecule has 3 rings (SSSR count). The molecular weight excluding hydrogens is 436 g/mol. The highest BCUT2D eigenvalue weighted by Gasteiger charge is 2.38. The van der Waals surface area contributed by atoms with Gasteiger partial charge in [-0.25, -0.2) is 4.98 Å². The van der Waals surface area contributed by atoms with E-state index in [2.05, 4.69) is 37.8 Å². The Morgan fingerprint density at radius 3 is 2.96 bits per heavy atom. The van der Waals surface area contributed by atoms with Gasteiger partial charge in [-0.2, -0.15) is 4.99 Å². The normalized spacial score (nSPS) is 18.3. The second kappa shape index (κ2) is 8.61. The number of thiazole rings is 1. The van der Waals surface area contributed by atoms with Crippen molar-refractivity contribution in [2.24, 2.45) is 4.99 Å². The lowest BCUT2D eigenvalue weighted by Crippen LogP contribution is -2.33. The fourth-order valence-corrected chi connectivity index (χ4v) is 4.40. The lowest BCUT2D eigenvalue weighted by atomic mass is 10.2. The van der Waals surface area contributed by atoms with Crippen LogP contribution in [0.4, 0.5) is 10.8 Å². The molecule has 26 heavy (non-hydrogen) atoms. The first-order valence-electron chi connectivity index (χ1n) is 7.70. The number of benzene rings is 1. The predicted molar refractivity (Wildman–Crippen MR) is 110 cm³/mol. The Morgan fingerprint density at radius 1 is 1.46 bits per heavy atom. The van der Waals surface area contributed by atoms with Crippen LogP contribution in [0, 0.1) is 0 Å². The number of amides is 2. The molecule has 6 nitrogen and oxygen atoms in total. The van der Waals surface area contributed by atoms with Crippen LogP contribution in [0.15, 0.2) is 58.0 Å². The van der Waals surface area contributed by atoms with Gasteiger partial charge in [0.25, 0.3) is 0 Å². The summed E-state index contributed by atoms with van der Waals surface area (Å²) in [5.74, 6) is -0.371. The summed E-state index contributed by atoms with van der Waals surface area (Å²) in [6, 6.07) is 7.34.